The summed E-state index contributed by atoms with van der Waals surface area (Å²) >= 11 is 6.08. The lowest BCUT2D eigenvalue weighted by molar-refractivity contribution is 0.144. The van der Waals surface area contributed by atoms with Gasteiger partial charge in [0.1, 0.15) is 18.2 Å². The zero-order chi connectivity index (χ0) is 17.2. The molecule has 0 spiro atoms. The number of hydrogen-bond acceptors (Lipinski definition) is 3. The zero-order valence-corrected chi connectivity index (χ0v) is 15.8. The summed E-state index contributed by atoms with van der Waals surface area (Å²) in [5.74, 6) is 0.446. The summed E-state index contributed by atoms with van der Waals surface area (Å²) in [5.41, 5.74) is 1.48. The van der Waals surface area contributed by atoms with Gasteiger partial charge in [-0.2, -0.15) is 0 Å². The van der Waals surface area contributed by atoms with Crippen molar-refractivity contribution in [3.05, 3.63) is 64.4 Å². The van der Waals surface area contributed by atoms with Crippen molar-refractivity contribution in [2.24, 2.45) is 0 Å². The number of halogens is 3. The summed E-state index contributed by atoms with van der Waals surface area (Å²) in [6.07, 6.45) is 0.944. The average molecular weight is 388 g/mol. The number of hydrogen-bond donors (Lipinski definition) is 1. The van der Waals surface area contributed by atoms with Crippen LogP contribution in [0.2, 0.25) is 5.02 Å². The van der Waals surface area contributed by atoms with Crippen molar-refractivity contribution in [3.8, 4) is 5.75 Å². The molecule has 2 rings (SSSR count). The Morgan fingerprint density at radius 1 is 1.12 bits per heavy atom. The van der Waals surface area contributed by atoms with Crippen molar-refractivity contribution >= 4 is 24.0 Å². The van der Waals surface area contributed by atoms with Gasteiger partial charge in [-0.25, -0.2) is 4.39 Å². The molecular formula is C19H24Cl2FNO2. The predicted molar refractivity (Wildman–Crippen MR) is 102 cm³/mol. The quantitative estimate of drug-likeness (QED) is 0.582. The second-order valence-electron chi connectivity index (χ2n) is 5.36. The first-order valence-electron chi connectivity index (χ1n) is 8.13. The third-order valence-corrected chi connectivity index (χ3v) is 3.76. The lowest BCUT2D eigenvalue weighted by atomic mass is 10.2. The van der Waals surface area contributed by atoms with Crippen molar-refractivity contribution in [3.63, 3.8) is 0 Å². The minimum Gasteiger partial charge on any atom is -0.488 e. The maximum atomic E-state index is 13.7. The molecule has 2 aromatic carbocycles. The minimum atomic E-state index is -0.262. The molecule has 0 aliphatic heterocycles. The van der Waals surface area contributed by atoms with Gasteiger partial charge >= 0.3 is 0 Å². The van der Waals surface area contributed by atoms with Crippen LogP contribution in [0.5, 0.6) is 5.75 Å². The summed E-state index contributed by atoms with van der Waals surface area (Å²) in [6, 6.07) is 12.1. The molecule has 0 saturated heterocycles. The van der Waals surface area contributed by atoms with Gasteiger partial charge in [0.15, 0.2) is 0 Å². The van der Waals surface area contributed by atoms with Crippen LogP contribution < -0.4 is 10.1 Å². The summed E-state index contributed by atoms with van der Waals surface area (Å²) in [6.45, 7) is 5.14. The van der Waals surface area contributed by atoms with E-state index in [9.17, 15) is 4.39 Å². The highest BCUT2D eigenvalue weighted by molar-refractivity contribution is 6.30. The molecule has 0 amide bonds. The number of rotatable bonds is 10. The molecule has 0 aromatic heterocycles. The molecule has 0 saturated carbocycles. The molecular weight excluding hydrogens is 364 g/mol. The molecule has 0 atom stereocenters. The van der Waals surface area contributed by atoms with Crippen LogP contribution in [0.1, 0.15) is 24.5 Å². The van der Waals surface area contributed by atoms with Crippen LogP contribution in [-0.4, -0.2) is 19.8 Å². The van der Waals surface area contributed by atoms with Gasteiger partial charge in [0.05, 0.1) is 0 Å². The molecule has 0 bridgehead atoms. The highest BCUT2D eigenvalue weighted by Crippen LogP contribution is 2.24. The fourth-order valence-corrected chi connectivity index (χ4v) is 2.46. The van der Waals surface area contributed by atoms with E-state index in [0.717, 1.165) is 31.7 Å². The van der Waals surface area contributed by atoms with Crippen LogP contribution in [0, 0.1) is 5.82 Å². The molecule has 25 heavy (non-hydrogen) atoms. The zero-order valence-electron chi connectivity index (χ0n) is 14.3. The molecule has 0 aliphatic rings. The van der Waals surface area contributed by atoms with Gasteiger partial charge in [0.25, 0.3) is 0 Å². The van der Waals surface area contributed by atoms with Crippen LogP contribution in [-0.2, 0) is 17.9 Å². The highest BCUT2D eigenvalue weighted by atomic mass is 35.5. The smallest absolute Gasteiger partial charge is 0.129 e. The van der Waals surface area contributed by atoms with Crippen molar-refractivity contribution < 1.29 is 13.9 Å². The molecule has 1 N–H and O–H groups in total. The van der Waals surface area contributed by atoms with Gasteiger partial charge in [-0.3, -0.25) is 0 Å². The number of ether oxygens (including phenoxy) is 2. The predicted octanol–water partition coefficient (Wildman–Crippen LogP) is 5.00. The molecule has 138 valence electrons. The second kappa shape index (κ2) is 12.1. The van der Waals surface area contributed by atoms with Crippen LogP contribution in [0.4, 0.5) is 4.39 Å². The van der Waals surface area contributed by atoms with Crippen molar-refractivity contribution in [1.29, 1.82) is 0 Å². The Bertz CT molecular complexity index is 641. The molecule has 0 radical (unpaired) electrons. The third kappa shape index (κ3) is 7.61. The molecule has 0 heterocycles. The van der Waals surface area contributed by atoms with E-state index in [1.165, 1.54) is 6.07 Å². The normalized spacial score (nSPS) is 10.4. The Hall–Kier alpha value is -1.33. The Kier molecular flexibility index (Phi) is 10.5. The SMILES string of the molecule is CCOCCCNCc1cc(Cl)ccc1OCc1ccccc1F.Cl. The van der Waals surface area contributed by atoms with Gasteiger partial charge in [-0.15, -0.1) is 12.4 Å². The topological polar surface area (TPSA) is 30.5 Å². The number of nitrogens with one attached hydrogen (secondary N) is 1. The Balaban J connectivity index is 0.00000312. The molecule has 2 aromatic rings. The fourth-order valence-electron chi connectivity index (χ4n) is 2.26. The molecule has 6 heteroatoms. The van der Waals surface area contributed by atoms with Crippen molar-refractivity contribution in [2.75, 3.05) is 19.8 Å². The fraction of sp³-hybridized carbons (Fsp3) is 0.368. The van der Waals surface area contributed by atoms with E-state index in [0.29, 0.717) is 22.9 Å². The van der Waals surface area contributed by atoms with Crippen LogP contribution in [0.25, 0.3) is 0 Å². The Morgan fingerprint density at radius 3 is 2.68 bits per heavy atom. The summed E-state index contributed by atoms with van der Waals surface area (Å²) < 4.78 is 24.8. The summed E-state index contributed by atoms with van der Waals surface area (Å²) in [5, 5.41) is 4.00. The standard InChI is InChI=1S/C19H23ClFNO2.ClH/c1-2-23-11-5-10-22-13-16-12-17(20)8-9-19(16)24-14-15-6-3-4-7-18(15)21;/h3-4,6-9,12,22H,2,5,10-11,13-14H2,1H3;1H. The lowest BCUT2D eigenvalue weighted by Crippen LogP contribution is -2.17. The van der Waals surface area contributed by atoms with Crippen LogP contribution in [0.3, 0.4) is 0 Å². The first kappa shape index (κ1) is 21.7. The summed E-state index contributed by atoms with van der Waals surface area (Å²) in [7, 11) is 0. The van der Waals surface area contributed by atoms with Crippen molar-refractivity contribution in [2.45, 2.75) is 26.5 Å². The molecule has 0 unspecified atom stereocenters. The van der Waals surface area contributed by atoms with Crippen molar-refractivity contribution in [1.82, 2.24) is 5.32 Å². The minimum absolute atomic E-state index is 0. The van der Waals surface area contributed by atoms with Gasteiger partial charge in [0, 0.05) is 35.9 Å². The largest absolute Gasteiger partial charge is 0.488 e. The maximum Gasteiger partial charge on any atom is 0.129 e. The maximum absolute atomic E-state index is 13.7. The first-order chi connectivity index (χ1) is 11.7. The Morgan fingerprint density at radius 2 is 1.92 bits per heavy atom. The van der Waals surface area contributed by atoms with Gasteiger partial charge in [-0.1, -0.05) is 29.8 Å². The van der Waals surface area contributed by atoms with E-state index in [2.05, 4.69) is 5.32 Å². The molecule has 0 fully saturated rings. The van der Waals surface area contributed by atoms with Crippen LogP contribution in [0.15, 0.2) is 42.5 Å². The average Bonchev–Trinajstić information content (AvgIpc) is 2.58. The lowest BCUT2D eigenvalue weighted by Gasteiger charge is -2.13. The van der Waals surface area contributed by atoms with Gasteiger partial charge in [0.2, 0.25) is 0 Å². The van der Waals surface area contributed by atoms with E-state index in [-0.39, 0.29) is 24.8 Å². The van der Waals surface area contributed by atoms with E-state index >= 15 is 0 Å². The monoisotopic (exact) mass is 387 g/mol. The molecule has 0 aliphatic carbocycles. The second-order valence-corrected chi connectivity index (χ2v) is 5.80. The van der Waals surface area contributed by atoms with E-state index < -0.39 is 0 Å². The Labute approximate surface area is 159 Å². The highest BCUT2D eigenvalue weighted by Gasteiger charge is 2.07. The van der Waals surface area contributed by atoms with Crippen LogP contribution >= 0.6 is 24.0 Å². The van der Waals surface area contributed by atoms with E-state index in [1.807, 2.05) is 19.1 Å². The molecule has 3 nitrogen and oxygen atoms in total. The number of benzene rings is 2. The van der Waals surface area contributed by atoms with Gasteiger partial charge < -0.3 is 14.8 Å². The van der Waals surface area contributed by atoms with E-state index in [1.54, 1.807) is 24.3 Å². The summed E-state index contributed by atoms with van der Waals surface area (Å²) in [4.78, 5) is 0. The third-order valence-electron chi connectivity index (χ3n) is 3.53. The van der Waals surface area contributed by atoms with Gasteiger partial charge in [-0.05, 0) is 44.2 Å². The first-order valence-corrected chi connectivity index (χ1v) is 8.51. The van der Waals surface area contributed by atoms with E-state index in [4.69, 9.17) is 21.1 Å².